The summed E-state index contributed by atoms with van der Waals surface area (Å²) in [7, 11) is 0. The first kappa shape index (κ1) is 26.9. The number of benzene rings is 1. The number of nitrogens with zero attached hydrogens (tertiary/aromatic N) is 4. The molecule has 0 aliphatic heterocycles. The molecule has 3 aromatic rings. The lowest BCUT2D eigenvalue weighted by Crippen LogP contribution is -2.27. The third-order valence-corrected chi connectivity index (χ3v) is 7.36. The third kappa shape index (κ3) is 6.62. The van der Waals surface area contributed by atoms with Gasteiger partial charge in [-0.2, -0.15) is 0 Å². The summed E-state index contributed by atoms with van der Waals surface area (Å²) in [6.07, 6.45) is 12.3. The Morgan fingerprint density at radius 3 is 2.41 bits per heavy atom. The number of imidazole rings is 2. The van der Waals surface area contributed by atoms with Crippen LogP contribution in [0.3, 0.4) is 0 Å². The summed E-state index contributed by atoms with van der Waals surface area (Å²) in [5.74, 6) is 1.59. The van der Waals surface area contributed by atoms with Crippen molar-refractivity contribution in [2.45, 2.75) is 72.0 Å². The Labute approximate surface area is 220 Å². The van der Waals surface area contributed by atoms with E-state index in [-0.39, 0.29) is 17.7 Å². The van der Waals surface area contributed by atoms with Crippen molar-refractivity contribution in [2.75, 3.05) is 19.6 Å². The van der Waals surface area contributed by atoms with E-state index in [4.69, 9.17) is 5.41 Å². The van der Waals surface area contributed by atoms with Gasteiger partial charge >= 0.3 is 0 Å². The number of carbonyl (C=O) groups excluding carboxylic acids is 1. The Hall–Kier alpha value is -3.10. The normalized spacial score (nSPS) is 16.2. The topological polar surface area (TPSA) is 105 Å². The molecular formula is C29H41N7O. The van der Waals surface area contributed by atoms with E-state index >= 15 is 0 Å². The van der Waals surface area contributed by atoms with Gasteiger partial charge in [-0.15, -0.1) is 0 Å². The monoisotopic (exact) mass is 503 g/mol. The van der Waals surface area contributed by atoms with Crippen LogP contribution in [0.5, 0.6) is 0 Å². The first-order valence-electron chi connectivity index (χ1n) is 13.7. The molecule has 4 rings (SSSR count). The number of unbranched alkanes of at least 4 members (excludes halogenated alkanes) is 1. The van der Waals surface area contributed by atoms with Crippen LogP contribution in [0.4, 0.5) is 0 Å². The van der Waals surface area contributed by atoms with Crippen LogP contribution < -0.4 is 0 Å². The van der Waals surface area contributed by atoms with E-state index in [1.807, 2.05) is 30.6 Å². The van der Waals surface area contributed by atoms with Crippen molar-refractivity contribution in [3.63, 3.8) is 0 Å². The minimum absolute atomic E-state index is 0.0437. The maximum atomic E-state index is 13.2. The second kappa shape index (κ2) is 12.9. The summed E-state index contributed by atoms with van der Waals surface area (Å²) < 4.78 is 0. The van der Waals surface area contributed by atoms with Crippen LogP contribution in [0.1, 0.15) is 92.1 Å². The number of ketones is 1. The van der Waals surface area contributed by atoms with Crippen molar-refractivity contribution in [2.24, 2.45) is 5.92 Å². The minimum Gasteiger partial charge on any atom is -0.348 e. The molecule has 3 N–H and O–H groups in total. The third-order valence-electron chi connectivity index (χ3n) is 7.36. The van der Waals surface area contributed by atoms with Gasteiger partial charge in [0.15, 0.2) is 5.78 Å². The molecule has 0 radical (unpaired) electrons. The summed E-state index contributed by atoms with van der Waals surface area (Å²) in [6.45, 7) is 11.2. The standard InChI is InChI=1S/C29H41N7O/c1-4-15-35(16-5-2)17-7-6-8-24-27(30)25-18-22(9-10-23(25)28(24)37)19-36(20-26-31-11-12-32-26)21(3)29-33-13-14-34-29/h9-14,18,21,24,30H,4-8,15-17,19-20H2,1-3H3,(H,31,32)(H,33,34). The predicted octanol–water partition coefficient (Wildman–Crippen LogP) is 5.37. The average molecular weight is 504 g/mol. The van der Waals surface area contributed by atoms with E-state index in [0.717, 1.165) is 61.7 Å². The number of fused-ring (bicyclic) bond motifs is 1. The molecule has 0 spiro atoms. The molecule has 2 heterocycles. The van der Waals surface area contributed by atoms with Crippen LogP contribution in [-0.2, 0) is 13.1 Å². The molecule has 8 nitrogen and oxygen atoms in total. The first-order chi connectivity index (χ1) is 18.0. The summed E-state index contributed by atoms with van der Waals surface area (Å²) >= 11 is 0. The van der Waals surface area contributed by atoms with Gasteiger partial charge in [0, 0.05) is 42.5 Å². The Morgan fingerprint density at radius 2 is 1.73 bits per heavy atom. The summed E-state index contributed by atoms with van der Waals surface area (Å²) in [5, 5.41) is 8.83. The van der Waals surface area contributed by atoms with Gasteiger partial charge in [0.25, 0.3) is 0 Å². The van der Waals surface area contributed by atoms with Gasteiger partial charge in [0.2, 0.25) is 0 Å². The summed E-state index contributed by atoms with van der Waals surface area (Å²) in [5.41, 5.74) is 3.07. The molecule has 0 saturated carbocycles. The lowest BCUT2D eigenvalue weighted by atomic mass is 9.96. The van der Waals surface area contributed by atoms with Gasteiger partial charge in [-0.05, 0) is 63.9 Å². The maximum absolute atomic E-state index is 13.2. The first-order valence-corrected chi connectivity index (χ1v) is 13.7. The van der Waals surface area contributed by atoms with Crippen LogP contribution in [0.2, 0.25) is 0 Å². The fourth-order valence-corrected chi connectivity index (χ4v) is 5.38. The molecule has 0 amide bonds. The van der Waals surface area contributed by atoms with Gasteiger partial charge in [0.1, 0.15) is 11.6 Å². The highest BCUT2D eigenvalue weighted by molar-refractivity contribution is 6.27. The van der Waals surface area contributed by atoms with Gasteiger partial charge in [-0.1, -0.05) is 32.4 Å². The maximum Gasteiger partial charge on any atom is 0.172 e. The highest BCUT2D eigenvalue weighted by Gasteiger charge is 2.35. The van der Waals surface area contributed by atoms with Crippen LogP contribution in [-0.4, -0.2) is 60.9 Å². The molecule has 1 aromatic carbocycles. The average Bonchev–Trinajstić information content (AvgIpc) is 3.65. The Kier molecular flexibility index (Phi) is 9.41. The number of rotatable bonds is 15. The van der Waals surface area contributed by atoms with E-state index in [1.54, 1.807) is 12.4 Å². The van der Waals surface area contributed by atoms with E-state index in [9.17, 15) is 4.79 Å². The lowest BCUT2D eigenvalue weighted by molar-refractivity contribution is 0.0955. The molecule has 0 bridgehead atoms. The van der Waals surface area contributed by atoms with Crippen LogP contribution in [0, 0.1) is 11.3 Å². The number of Topliss-reactive ketones (excluding diaryl/α,β-unsaturated/α-hetero) is 1. The number of aromatic amines is 2. The van der Waals surface area contributed by atoms with Gasteiger partial charge in [0.05, 0.1) is 24.2 Å². The quantitative estimate of drug-likeness (QED) is 0.242. The largest absolute Gasteiger partial charge is 0.348 e. The van der Waals surface area contributed by atoms with Gasteiger partial charge in [-0.25, -0.2) is 9.97 Å². The highest BCUT2D eigenvalue weighted by atomic mass is 16.1. The number of H-pyrrole nitrogens is 2. The molecule has 0 saturated heterocycles. The molecule has 0 fully saturated rings. The molecule has 198 valence electrons. The van der Waals surface area contributed by atoms with Gasteiger partial charge in [-0.3, -0.25) is 9.69 Å². The van der Waals surface area contributed by atoms with E-state index in [0.29, 0.717) is 24.4 Å². The number of hydrogen-bond acceptors (Lipinski definition) is 6. The van der Waals surface area contributed by atoms with Crippen molar-refractivity contribution in [3.05, 3.63) is 71.3 Å². The SMILES string of the molecule is CCCN(CCC)CCCCC1C(=N)c2cc(CN(Cc3ncc[nH]3)C(C)c3ncc[nH]3)ccc2C1=O. The second-order valence-electron chi connectivity index (χ2n) is 10.1. The smallest absolute Gasteiger partial charge is 0.172 e. The number of hydrogen-bond donors (Lipinski definition) is 3. The van der Waals surface area contributed by atoms with Crippen molar-refractivity contribution in [3.8, 4) is 0 Å². The minimum atomic E-state index is -0.308. The second-order valence-corrected chi connectivity index (χ2v) is 10.1. The molecular weight excluding hydrogens is 462 g/mol. The summed E-state index contributed by atoms with van der Waals surface area (Å²) in [6, 6.07) is 6.05. The molecule has 1 aliphatic carbocycles. The van der Waals surface area contributed by atoms with Crippen molar-refractivity contribution >= 4 is 11.5 Å². The molecule has 2 atom stereocenters. The summed E-state index contributed by atoms with van der Waals surface area (Å²) in [4.78, 5) is 33.2. The van der Waals surface area contributed by atoms with Crippen LogP contribution in [0.25, 0.3) is 0 Å². The highest BCUT2D eigenvalue weighted by Crippen LogP contribution is 2.32. The molecule has 2 aromatic heterocycles. The molecule has 8 heteroatoms. The predicted molar refractivity (Wildman–Crippen MR) is 147 cm³/mol. The van der Waals surface area contributed by atoms with Crippen molar-refractivity contribution < 1.29 is 4.79 Å². The van der Waals surface area contributed by atoms with E-state index < -0.39 is 0 Å². The van der Waals surface area contributed by atoms with E-state index in [2.05, 4.69) is 50.5 Å². The molecule has 2 unspecified atom stereocenters. The zero-order chi connectivity index (χ0) is 26.2. The number of nitrogens with one attached hydrogen (secondary N) is 3. The van der Waals surface area contributed by atoms with E-state index in [1.165, 1.54) is 12.8 Å². The lowest BCUT2D eigenvalue weighted by Gasteiger charge is -2.27. The number of aromatic nitrogens is 4. The Bertz CT molecular complexity index is 1130. The van der Waals surface area contributed by atoms with Crippen molar-refractivity contribution in [1.29, 1.82) is 5.41 Å². The van der Waals surface area contributed by atoms with Crippen LogP contribution in [0.15, 0.2) is 43.0 Å². The Morgan fingerprint density at radius 1 is 0.973 bits per heavy atom. The molecule has 1 aliphatic rings. The fraction of sp³-hybridized carbons (Fsp3) is 0.517. The van der Waals surface area contributed by atoms with Crippen LogP contribution >= 0.6 is 0 Å². The number of carbonyl (C=O) groups is 1. The zero-order valence-corrected chi connectivity index (χ0v) is 22.5. The van der Waals surface area contributed by atoms with Gasteiger partial charge < -0.3 is 20.3 Å². The fourth-order valence-electron chi connectivity index (χ4n) is 5.38. The Balaban J connectivity index is 1.41. The zero-order valence-electron chi connectivity index (χ0n) is 22.5. The molecule has 37 heavy (non-hydrogen) atoms. The van der Waals surface area contributed by atoms with Crippen molar-refractivity contribution in [1.82, 2.24) is 29.7 Å².